The molecular formula is C20H25N3O2. The van der Waals surface area contributed by atoms with E-state index in [1.807, 2.05) is 6.07 Å². The molecule has 5 heteroatoms. The van der Waals surface area contributed by atoms with Crippen LogP contribution in [-0.2, 0) is 17.7 Å². The number of aromatic nitrogens is 1. The lowest BCUT2D eigenvalue weighted by Crippen LogP contribution is -2.59. The first-order chi connectivity index (χ1) is 12.2. The van der Waals surface area contributed by atoms with Crippen LogP contribution in [0.15, 0.2) is 24.3 Å². The predicted molar refractivity (Wildman–Crippen MR) is 96.9 cm³/mol. The number of rotatable bonds is 2. The second-order valence-electron chi connectivity index (χ2n) is 7.75. The van der Waals surface area contributed by atoms with Gasteiger partial charge >= 0.3 is 0 Å². The van der Waals surface area contributed by atoms with Crippen molar-refractivity contribution in [3.8, 4) is 0 Å². The monoisotopic (exact) mass is 339 g/mol. The number of aryl methyl sites for hydroxylation is 1. The number of hydrogen-bond donors (Lipinski definition) is 1. The fourth-order valence-electron chi connectivity index (χ4n) is 5.00. The van der Waals surface area contributed by atoms with Crippen molar-refractivity contribution in [1.82, 2.24) is 14.8 Å². The minimum Gasteiger partial charge on any atom is -0.378 e. The van der Waals surface area contributed by atoms with Gasteiger partial charge in [-0.2, -0.15) is 0 Å². The lowest BCUT2D eigenvalue weighted by atomic mass is 9.90. The van der Waals surface area contributed by atoms with Crippen LogP contribution in [-0.4, -0.2) is 53.8 Å². The van der Waals surface area contributed by atoms with Crippen molar-refractivity contribution in [2.75, 3.05) is 20.3 Å². The van der Waals surface area contributed by atoms with Crippen molar-refractivity contribution in [3.05, 3.63) is 35.5 Å². The van der Waals surface area contributed by atoms with Crippen LogP contribution in [0.25, 0.3) is 10.9 Å². The topological polar surface area (TPSA) is 46.5 Å². The summed E-state index contributed by atoms with van der Waals surface area (Å²) in [5.74, 6) is 0.111. The average molecular weight is 339 g/mol. The van der Waals surface area contributed by atoms with Gasteiger partial charge in [0.2, 0.25) is 0 Å². The lowest BCUT2D eigenvalue weighted by molar-refractivity contribution is -0.0670. The second kappa shape index (κ2) is 5.85. The molecule has 0 spiro atoms. The first kappa shape index (κ1) is 15.4. The molecule has 1 aromatic carbocycles. The summed E-state index contributed by atoms with van der Waals surface area (Å²) in [6.07, 6.45) is 4.10. The number of amides is 1. The van der Waals surface area contributed by atoms with Gasteiger partial charge in [0.05, 0.1) is 18.8 Å². The number of carbonyl (C=O) groups is 1. The Bertz CT molecular complexity index is 814. The minimum absolute atomic E-state index is 0.111. The third-order valence-electron chi connectivity index (χ3n) is 6.32. The summed E-state index contributed by atoms with van der Waals surface area (Å²) in [6.45, 7) is 2.59. The Kier molecular flexibility index (Phi) is 3.61. The Hall–Kier alpha value is -1.85. The van der Waals surface area contributed by atoms with E-state index in [0.717, 1.165) is 56.4 Å². The summed E-state index contributed by atoms with van der Waals surface area (Å²) in [5, 5.41) is 4.46. The molecule has 0 saturated carbocycles. The van der Waals surface area contributed by atoms with Gasteiger partial charge in [0, 0.05) is 41.3 Å². The number of piperidine rings is 1. The zero-order valence-corrected chi connectivity index (χ0v) is 14.7. The van der Waals surface area contributed by atoms with Crippen LogP contribution in [0.2, 0.25) is 0 Å². The Labute approximate surface area is 147 Å². The van der Waals surface area contributed by atoms with Crippen LogP contribution in [0.4, 0.5) is 0 Å². The third kappa shape index (κ3) is 2.41. The molecule has 2 fully saturated rings. The average Bonchev–Trinajstić information content (AvgIpc) is 3.16. The summed E-state index contributed by atoms with van der Waals surface area (Å²) in [7, 11) is 2.18. The Morgan fingerprint density at radius 2 is 1.96 bits per heavy atom. The molecule has 5 rings (SSSR count). The summed E-state index contributed by atoms with van der Waals surface area (Å²) in [5.41, 5.74) is 3.33. The van der Waals surface area contributed by atoms with Crippen LogP contribution in [0.1, 0.15) is 35.3 Å². The van der Waals surface area contributed by atoms with Crippen molar-refractivity contribution in [2.24, 2.45) is 0 Å². The zero-order chi connectivity index (χ0) is 17.0. The van der Waals surface area contributed by atoms with Gasteiger partial charge in [0.1, 0.15) is 0 Å². The molecule has 2 atom stereocenters. The fourth-order valence-corrected chi connectivity index (χ4v) is 5.00. The summed E-state index contributed by atoms with van der Waals surface area (Å²) >= 11 is 0. The van der Waals surface area contributed by atoms with Crippen LogP contribution in [0.3, 0.4) is 0 Å². The fraction of sp³-hybridized carbons (Fsp3) is 0.550. The number of likely N-dealkylation sites (N-methyl/N-ethyl adjacent to an activating group) is 1. The van der Waals surface area contributed by atoms with Crippen molar-refractivity contribution >= 4 is 16.8 Å². The van der Waals surface area contributed by atoms with Crippen molar-refractivity contribution in [3.63, 3.8) is 0 Å². The molecule has 3 aliphatic rings. The van der Waals surface area contributed by atoms with Gasteiger partial charge in [-0.1, -0.05) is 18.2 Å². The quantitative estimate of drug-likeness (QED) is 0.912. The van der Waals surface area contributed by atoms with E-state index in [-0.39, 0.29) is 11.9 Å². The largest absolute Gasteiger partial charge is 0.378 e. The first-order valence-electron chi connectivity index (χ1n) is 9.43. The number of carbonyl (C=O) groups excluding carboxylic acids is 1. The predicted octanol–water partition coefficient (Wildman–Crippen LogP) is 2.18. The molecule has 132 valence electrons. The van der Waals surface area contributed by atoms with Crippen molar-refractivity contribution in [2.45, 2.75) is 50.4 Å². The van der Waals surface area contributed by atoms with Gasteiger partial charge in [0.25, 0.3) is 5.91 Å². The van der Waals surface area contributed by atoms with Crippen molar-refractivity contribution in [1.29, 1.82) is 0 Å². The number of para-hydroxylation sites is 1. The molecule has 25 heavy (non-hydrogen) atoms. The Balaban J connectivity index is 1.43. The van der Waals surface area contributed by atoms with Gasteiger partial charge in [-0.3, -0.25) is 9.69 Å². The maximum atomic E-state index is 13.2. The van der Waals surface area contributed by atoms with E-state index in [1.165, 1.54) is 11.2 Å². The summed E-state index contributed by atoms with van der Waals surface area (Å²) < 4.78 is 8.03. The number of nitrogens with zero attached hydrogens (tertiary/aromatic N) is 2. The van der Waals surface area contributed by atoms with Gasteiger partial charge in [-0.25, -0.2) is 0 Å². The summed E-state index contributed by atoms with van der Waals surface area (Å²) in [6, 6.07) is 9.42. The molecule has 1 aromatic heterocycles. The summed E-state index contributed by atoms with van der Waals surface area (Å²) in [4.78, 5) is 15.6. The molecule has 2 bridgehead atoms. The Morgan fingerprint density at radius 3 is 2.76 bits per heavy atom. The van der Waals surface area contributed by atoms with Crippen LogP contribution in [0.5, 0.6) is 0 Å². The molecule has 1 amide bonds. The van der Waals surface area contributed by atoms with E-state index >= 15 is 0 Å². The van der Waals surface area contributed by atoms with E-state index in [1.54, 1.807) is 0 Å². The van der Waals surface area contributed by atoms with E-state index in [4.69, 9.17) is 4.74 Å². The van der Waals surface area contributed by atoms with Crippen molar-refractivity contribution < 1.29 is 9.53 Å². The van der Waals surface area contributed by atoms with E-state index in [9.17, 15) is 4.79 Å². The maximum absolute atomic E-state index is 13.2. The molecule has 5 nitrogen and oxygen atoms in total. The highest BCUT2D eigenvalue weighted by Crippen LogP contribution is 2.32. The van der Waals surface area contributed by atoms with E-state index in [2.05, 4.69) is 40.0 Å². The smallest absolute Gasteiger partial charge is 0.253 e. The normalized spacial score (nSPS) is 28.9. The molecular weight excluding hydrogens is 314 g/mol. The number of nitrogens with one attached hydrogen (secondary N) is 1. The third-order valence-corrected chi connectivity index (χ3v) is 6.32. The SMILES string of the molecule is CN1C2COCC1CC(NC(=O)c1c3n(c4ccccc14)CCC3)C2. The van der Waals surface area contributed by atoms with E-state index in [0.29, 0.717) is 12.1 Å². The van der Waals surface area contributed by atoms with Gasteiger partial charge < -0.3 is 14.6 Å². The highest BCUT2D eigenvalue weighted by Gasteiger charge is 2.38. The van der Waals surface area contributed by atoms with Crippen LogP contribution < -0.4 is 5.32 Å². The number of ether oxygens (including phenoxy) is 1. The number of fused-ring (bicyclic) bond motifs is 5. The Morgan fingerprint density at radius 1 is 1.20 bits per heavy atom. The molecule has 2 unspecified atom stereocenters. The minimum atomic E-state index is 0.111. The zero-order valence-electron chi connectivity index (χ0n) is 14.7. The van der Waals surface area contributed by atoms with Gasteiger partial charge in [-0.05, 0) is 38.8 Å². The van der Waals surface area contributed by atoms with Crippen LogP contribution >= 0.6 is 0 Å². The second-order valence-corrected chi connectivity index (χ2v) is 7.75. The molecule has 0 aliphatic carbocycles. The number of hydrogen-bond acceptors (Lipinski definition) is 3. The standard InChI is InChI=1S/C20H25N3O2/c1-22-14-9-13(10-15(22)12-25-11-14)21-20(24)19-16-5-2-3-6-17(16)23-8-4-7-18(19)23/h2-3,5-6,13-15H,4,7-12H2,1H3,(H,21,24). The number of benzene rings is 1. The first-order valence-corrected chi connectivity index (χ1v) is 9.43. The van der Waals surface area contributed by atoms with Gasteiger partial charge in [-0.15, -0.1) is 0 Å². The molecule has 2 aromatic rings. The van der Waals surface area contributed by atoms with Crippen LogP contribution in [0, 0.1) is 0 Å². The molecule has 4 heterocycles. The maximum Gasteiger partial charge on any atom is 0.253 e. The molecule has 2 saturated heterocycles. The molecule has 3 aliphatic heterocycles. The molecule has 0 radical (unpaired) electrons. The lowest BCUT2D eigenvalue weighted by Gasteiger charge is -2.46. The molecule has 1 N–H and O–H groups in total. The number of morpholine rings is 1. The highest BCUT2D eigenvalue weighted by molar-refractivity contribution is 6.08. The van der Waals surface area contributed by atoms with Gasteiger partial charge in [0.15, 0.2) is 0 Å². The highest BCUT2D eigenvalue weighted by atomic mass is 16.5. The van der Waals surface area contributed by atoms with E-state index < -0.39 is 0 Å².